The predicted octanol–water partition coefficient (Wildman–Crippen LogP) is 2.93. The minimum Gasteiger partial charge on any atom is -0.481 e. The average molecular weight is 313 g/mol. The van der Waals surface area contributed by atoms with Gasteiger partial charge in [-0.25, -0.2) is 4.79 Å². The number of carbonyl (C=O) groups excluding carboxylic acids is 1. The molecule has 0 saturated heterocycles. The highest BCUT2D eigenvalue weighted by Crippen LogP contribution is 2.15. The zero-order valence-electron chi connectivity index (χ0n) is 11.6. The van der Waals surface area contributed by atoms with Gasteiger partial charge in [-0.05, 0) is 38.0 Å². The third kappa shape index (κ3) is 6.76. The number of aliphatic carboxylic acids is 1. The Kier molecular flexibility index (Phi) is 7.25. The summed E-state index contributed by atoms with van der Waals surface area (Å²) in [6, 6.07) is 6.87. The van der Waals surface area contributed by atoms with Crippen LogP contribution in [-0.2, 0) is 14.3 Å². The van der Waals surface area contributed by atoms with E-state index in [2.05, 4.69) is 10.5 Å². The van der Waals surface area contributed by atoms with Gasteiger partial charge in [-0.1, -0.05) is 17.7 Å². The van der Waals surface area contributed by atoms with Crippen molar-refractivity contribution in [2.24, 2.45) is 5.10 Å². The molecule has 0 saturated carbocycles. The number of carbonyl (C=O) groups is 2. The average Bonchev–Trinajstić information content (AvgIpc) is 2.42. The van der Waals surface area contributed by atoms with Crippen LogP contribution in [-0.4, -0.2) is 29.4 Å². The molecule has 0 radical (unpaired) electrons. The normalized spacial score (nSPS) is 11.0. The first-order chi connectivity index (χ1) is 10.0. The van der Waals surface area contributed by atoms with Crippen molar-refractivity contribution in [1.29, 1.82) is 0 Å². The van der Waals surface area contributed by atoms with Crippen LogP contribution < -0.4 is 5.43 Å². The molecule has 114 valence electrons. The second kappa shape index (κ2) is 8.97. The fraction of sp³-hybridized carbons (Fsp3) is 0.357. The maximum Gasteiger partial charge on any atom is 0.354 e. The third-order valence-corrected chi connectivity index (χ3v) is 2.69. The fourth-order valence-electron chi connectivity index (χ4n) is 1.52. The zero-order chi connectivity index (χ0) is 15.7. The quantitative estimate of drug-likeness (QED) is 0.438. The van der Waals surface area contributed by atoms with Crippen LogP contribution in [0.25, 0.3) is 0 Å². The molecule has 0 aromatic heterocycles. The first-order valence-corrected chi connectivity index (χ1v) is 6.87. The smallest absolute Gasteiger partial charge is 0.354 e. The standard InChI is InChI=1S/C14H17ClN2O4/c1-2-21-14(20)12(7-4-8-13(18)19)17-16-11-6-3-5-10(15)9-11/h3,5-6,9,16H,2,4,7-8H2,1H3,(H,18,19)/b17-12-. The number of ether oxygens (including phenoxy) is 1. The highest BCUT2D eigenvalue weighted by Gasteiger charge is 2.13. The van der Waals surface area contributed by atoms with Crippen LogP contribution in [0, 0.1) is 0 Å². The van der Waals surface area contributed by atoms with Crippen LogP contribution in [0.2, 0.25) is 5.02 Å². The van der Waals surface area contributed by atoms with Crippen molar-refractivity contribution >= 4 is 34.9 Å². The second-order valence-corrected chi connectivity index (χ2v) is 4.58. The number of nitrogens with one attached hydrogen (secondary N) is 1. The molecule has 0 amide bonds. The minimum absolute atomic E-state index is 0.0322. The lowest BCUT2D eigenvalue weighted by Gasteiger charge is -2.07. The molecule has 2 N–H and O–H groups in total. The number of hydrogen-bond acceptors (Lipinski definition) is 5. The van der Waals surface area contributed by atoms with E-state index in [4.69, 9.17) is 21.4 Å². The predicted molar refractivity (Wildman–Crippen MR) is 80.6 cm³/mol. The van der Waals surface area contributed by atoms with Crippen LogP contribution in [0.3, 0.4) is 0 Å². The molecule has 1 aromatic rings. The van der Waals surface area contributed by atoms with E-state index < -0.39 is 11.9 Å². The molecule has 0 heterocycles. The van der Waals surface area contributed by atoms with Gasteiger partial charge in [0.15, 0.2) is 0 Å². The van der Waals surface area contributed by atoms with Crippen molar-refractivity contribution in [3.8, 4) is 0 Å². The van der Waals surface area contributed by atoms with Crippen molar-refractivity contribution in [3.63, 3.8) is 0 Å². The van der Waals surface area contributed by atoms with Gasteiger partial charge in [0, 0.05) is 11.4 Å². The first-order valence-electron chi connectivity index (χ1n) is 6.50. The molecule has 1 aromatic carbocycles. The van der Waals surface area contributed by atoms with Gasteiger partial charge in [-0.2, -0.15) is 5.10 Å². The molecule has 0 bridgehead atoms. The largest absolute Gasteiger partial charge is 0.481 e. The van der Waals surface area contributed by atoms with Crippen LogP contribution >= 0.6 is 11.6 Å². The molecule has 0 spiro atoms. The SMILES string of the molecule is CCOC(=O)/C(CCCC(=O)O)=N\Nc1cccc(Cl)c1. The van der Waals surface area contributed by atoms with Crippen LogP contribution in [0.1, 0.15) is 26.2 Å². The van der Waals surface area contributed by atoms with E-state index in [1.165, 1.54) is 0 Å². The number of hydrogen-bond donors (Lipinski definition) is 2. The number of rotatable bonds is 8. The number of halogens is 1. The van der Waals surface area contributed by atoms with Crippen molar-refractivity contribution < 1.29 is 19.4 Å². The number of esters is 1. The van der Waals surface area contributed by atoms with Crippen LogP contribution in [0.15, 0.2) is 29.4 Å². The summed E-state index contributed by atoms with van der Waals surface area (Å²) in [7, 11) is 0. The van der Waals surface area contributed by atoms with Gasteiger partial charge in [0.05, 0.1) is 12.3 Å². The molecule has 0 aliphatic carbocycles. The lowest BCUT2D eigenvalue weighted by atomic mass is 10.1. The van der Waals surface area contributed by atoms with Gasteiger partial charge < -0.3 is 9.84 Å². The Balaban J connectivity index is 2.71. The Bertz CT molecular complexity index is 531. The molecular weight excluding hydrogens is 296 g/mol. The van der Waals surface area contributed by atoms with E-state index in [9.17, 15) is 9.59 Å². The van der Waals surface area contributed by atoms with E-state index in [1.807, 2.05) is 0 Å². The van der Waals surface area contributed by atoms with Gasteiger partial charge in [-0.15, -0.1) is 0 Å². The Morgan fingerprint density at radius 3 is 2.76 bits per heavy atom. The third-order valence-electron chi connectivity index (χ3n) is 2.46. The summed E-state index contributed by atoms with van der Waals surface area (Å²) in [6.07, 6.45) is 0.499. The molecule has 7 heteroatoms. The van der Waals surface area contributed by atoms with E-state index in [0.29, 0.717) is 17.1 Å². The topological polar surface area (TPSA) is 88.0 Å². The molecular formula is C14H17ClN2O4. The molecule has 0 aliphatic heterocycles. The number of carboxylic acid groups (broad SMARTS) is 1. The van der Waals surface area contributed by atoms with Crippen LogP contribution in [0.4, 0.5) is 5.69 Å². The Hall–Kier alpha value is -2.08. The molecule has 1 rings (SSSR count). The van der Waals surface area contributed by atoms with Crippen molar-refractivity contribution in [1.82, 2.24) is 0 Å². The van der Waals surface area contributed by atoms with Crippen molar-refractivity contribution in [2.75, 3.05) is 12.0 Å². The zero-order valence-corrected chi connectivity index (χ0v) is 12.4. The number of anilines is 1. The number of hydrazone groups is 1. The van der Waals surface area contributed by atoms with E-state index >= 15 is 0 Å². The van der Waals surface area contributed by atoms with Crippen LogP contribution in [0.5, 0.6) is 0 Å². The Labute approximate surface area is 127 Å². The van der Waals surface area contributed by atoms with Crippen molar-refractivity contribution in [2.45, 2.75) is 26.2 Å². The lowest BCUT2D eigenvalue weighted by Crippen LogP contribution is -2.19. The summed E-state index contributed by atoms with van der Waals surface area (Å²) >= 11 is 5.85. The van der Waals surface area contributed by atoms with Gasteiger partial charge in [0.25, 0.3) is 0 Å². The molecule has 0 aliphatic rings. The highest BCUT2D eigenvalue weighted by atomic mass is 35.5. The van der Waals surface area contributed by atoms with Gasteiger partial charge in [-0.3, -0.25) is 10.2 Å². The summed E-state index contributed by atoms with van der Waals surface area (Å²) < 4.78 is 4.89. The molecule has 21 heavy (non-hydrogen) atoms. The summed E-state index contributed by atoms with van der Waals surface area (Å²) in [5.74, 6) is -1.47. The summed E-state index contributed by atoms with van der Waals surface area (Å²) in [5, 5.41) is 13.2. The maximum atomic E-state index is 11.7. The monoisotopic (exact) mass is 312 g/mol. The number of nitrogens with zero attached hydrogens (tertiary/aromatic N) is 1. The summed E-state index contributed by atoms with van der Waals surface area (Å²) in [6.45, 7) is 1.92. The van der Waals surface area contributed by atoms with E-state index in [0.717, 1.165) is 0 Å². The lowest BCUT2D eigenvalue weighted by molar-refractivity contribution is -0.137. The molecule has 6 nitrogen and oxygen atoms in total. The Morgan fingerprint density at radius 1 is 1.38 bits per heavy atom. The first kappa shape index (κ1) is 17.0. The van der Waals surface area contributed by atoms with Gasteiger partial charge >= 0.3 is 11.9 Å². The molecule has 0 atom stereocenters. The molecule has 0 unspecified atom stereocenters. The van der Waals surface area contributed by atoms with Gasteiger partial charge in [0.2, 0.25) is 0 Å². The van der Waals surface area contributed by atoms with E-state index in [-0.39, 0.29) is 25.2 Å². The second-order valence-electron chi connectivity index (χ2n) is 4.15. The highest BCUT2D eigenvalue weighted by molar-refractivity contribution is 6.36. The minimum atomic E-state index is -0.916. The Morgan fingerprint density at radius 2 is 2.14 bits per heavy atom. The fourth-order valence-corrected chi connectivity index (χ4v) is 1.71. The van der Waals surface area contributed by atoms with Gasteiger partial charge in [0.1, 0.15) is 5.71 Å². The van der Waals surface area contributed by atoms with E-state index in [1.54, 1.807) is 31.2 Å². The molecule has 0 fully saturated rings. The summed E-state index contributed by atoms with van der Waals surface area (Å²) in [4.78, 5) is 22.2. The summed E-state index contributed by atoms with van der Waals surface area (Å²) in [5.41, 5.74) is 3.50. The maximum absolute atomic E-state index is 11.7. The van der Waals surface area contributed by atoms with Crippen molar-refractivity contribution in [3.05, 3.63) is 29.3 Å². The number of benzene rings is 1. The number of carboxylic acids is 1.